The normalized spacial score (nSPS) is 15.9. The number of ether oxygens (including phenoxy) is 2. The van der Waals surface area contributed by atoms with Gasteiger partial charge in [0.1, 0.15) is 17.6 Å². The third kappa shape index (κ3) is 5.46. The predicted octanol–water partition coefficient (Wildman–Crippen LogP) is 1.86. The highest BCUT2D eigenvalue weighted by molar-refractivity contribution is 6.39. The zero-order valence-electron chi connectivity index (χ0n) is 14.8. The van der Waals surface area contributed by atoms with Gasteiger partial charge in [0, 0.05) is 13.0 Å². The molecule has 0 radical (unpaired) electrons. The van der Waals surface area contributed by atoms with Gasteiger partial charge in [-0.3, -0.25) is 9.59 Å². The smallest absolute Gasteiger partial charge is 0.313 e. The van der Waals surface area contributed by atoms with Gasteiger partial charge in [-0.2, -0.15) is 0 Å². The van der Waals surface area contributed by atoms with Crippen LogP contribution in [0.5, 0.6) is 11.5 Å². The van der Waals surface area contributed by atoms with Crippen molar-refractivity contribution in [2.75, 3.05) is 25.1 Å². The molecule has 2 aromatic carbocycles. The van der Waals surface area contributed by atoms with Crippen molar-refractivity contribution in [3.63, 3.8) is 0 Å². The first kappa shape index (κ1) is 18.7. The van der Waals surface area contributed by atoms with Crippen LogP contribution in [-0.4, -0.2) is 42.8 Å². The van der Waals surface area contributed by atoms with Gasteiger partial charge in [0.15, 0.2) is 0 Å². The third-order valence-electron chi connectivity index (χ3n) is 4.13. The van der Waals surface area contributed by atoms with Crippen LogP contribution in [-0.2, 0) is 20.7 Å². The second-order valence-electron chi connectivity index (χ2n) is 6.23. The van der Waals surface area contributed by atoms with Gasteiger partial charge >= 0.3 is 11.8 Å². The van der Waals surface area contributed by atoms with E-state index in [0.29, 0.717) is 31.1 Å². The van der Waals surface area contributed by atoms with Crippen molar-refractivity contribution in [1.29, 1.82) is 0 Å². The lowest BCUT2D eigenvalue weighted by Gasteiger charge is -2.16. The third-order valence-corrected chi connectivity index (χ3v) is 4.13. The average molecular weight is 370 g/mol. The summed E-state index contributed by atoms with van der Waals surface area (Å²) in [4.78, 5) is 24.2. The molecule has 1 aliphatic rings. The molecule has 1 aliphatic heterocycles. The van der Waals surface area contributed by atoms with E-state index < -0.39 is 11.8 Å². The summed E-state index contributed by atoms with van der Waals surface area (Å²) in [6, 6.07) is 13.7. The summed E-state index contributed by atoms with van der Waals surface area (Å²) in [6.45, 7) is 1.45. The largest absolute Gasteiger partial charge is 0.508 e. The Balaban J connectivity index is 1.51. The van der Waals surface area contributed by atoms with Gasteiger partial charge in [-0.05, 0) is 36.2 Å². The Bertz CT molecular complexity index is 802. The standard InChI is InChI=1S/C20H22N2O5/c23-15-5-3-4-14(12-15)8-10-21-19(24)20(25)22-17-6-1-2-7-18(17)27-16-9-11-26-13-16/h1-7,12,16,23H,8-11,13H2,(H,21,24)(H,22,25). The van der Waals surface area contributed by atoms with Gasteiger partial charge in [-0.1, -0.05) is 24.3 Å². The number of phenols is 1. The number of benzene rings is 2. The van der Waals surface area contributed by atoms with Crippen molar-refractivity contribution in [2.45, 2.75) is 18.9 Å². The lowest BCUT2D eigenvalue weighted by Crippen LogP contribution is -2.36. The molecule has 1 atom stereocenters. The molecule has 0 aromatic heterocycles. The maximum Gasteiger partial charge on any atom is 0.313 e. The van der Waals surface area contributed by atoms with Crippen LogP contribution in [0, 0.1) is 0 Å². The fourth-order valence-corrected chi connectivity index (χ4v) is 2.75. The van der Waals surface area contributed by atoms with Crippen molar-refractivity contribution >= 4 is 17.5 Å². The molecule has 7 nitrogen and oxygen atoms in total. The number of carbonyl (C=O) groups excluding carboxylic acids is 2. The molecule has 1 unspecified atom stereocenters. The molecule has 0 bridgehead atoms. The highest BCUT2D eigenvalue weighted by Gasteiger charge is 2.20. The number of hydrogen-bond acceptors (Lipinski definition) is 5. The zero-order chi connectivity index (χ0) is 19.1. The summed E-state index contributed by atoms with van der Waals surface area (Å²) in [6.07, 6.45) is 1.24. The highest BCUT2D eigenvalue weighted by atomic mass is 16.5. The average Bonchev–Trinajstić information content (AvgIpc) is 3.16. The molecule has 1 heterocycles. The number of carbonyl (C=O) groups is 2. The summed E-state index contributed by atoms with van der Waals surface area (Å²) < 4.78 is 11.1. The van der Waals surface area contributed by atoms with Crippen LogP contribution in [0.25, 0.3) is 0 Å². The van der Waals surface area contributed by atoms with Crippen LogP contribution in [0.1, 0.15) is 12.0 Å². The molecular formula is C20H22N2O5. The van der Waals surface area contributed by atoms with Gasteiger partial charge in [-0.25, -0.2) is 0 Å². The summed E-state index contributed by atoms with van der Waals surface area (Å²) >= 11 is 0. The van der Waals surface area contributed by atoms with Crippen LogP contribution >= 0.6 is 0 Å². The SMILES string of the molecule is O=C(NCCc1cccc(O)c1)C(=O)Nc1ccccc1OC1CCOC1. The fraction of sp³-hybridized carbons (Fsp3) is 0.300. The lowest BCUT2D eigenvalue weighted by molar-refractivity contribution is -0.136. The van der Waals surface area contributed by atoms with E-state index in [1.807, 2.05) is 6.07 Å². The van der Waals surface area contributed by atoms with E-state index in [4.69, 9.17) is 9.47 Å². The number of anilines is 1. The Morgan fingerprint density at radius 3 is 2.78 bits per heavy atom. The monoisotopic (exact) mass is 370 g/mol. The first-order valence-corrected chi connectivity index (χ1v) is 8.82. The van der Waals surface area contributed by atoms with E-state index >= 15 is 0 Å². The van der Waals surface area contributed by atoms with Gasteiger partial charge in [0.05, 0.1) is 18.9 Å². The number of aromatic hydroxyl groups is 1. The quantitative estimate of drug-likeness (QED) is 0.675. The predicted molar refractivity (Wildman–Crippen MR) is 99.7 cm³/mol. The zero-order valence-corrected chi connectivity index (χ0v) is 14.8. The van der Waals surface area contributed by atoms with E-state index in [9.17, 15) is 14.7 Å². The van der Waals surface area contributed by atoms with E-state index in [1.165, 1.54) is 0 Å². The van der Waals surface area contributed by atoms with Crippen molar-refractivity contribution in [2.24, 2.45) is 0 Å². The van der Waals surface area contributed by atoms with E-state index in [-0.39, 0.29) is 18.4 Å². The molecule has 2 aromatic rings. The topological polar surface area (TPSA) is 96.9 Å². The number of amides is 2. The van der Waals surface area contributed by atoms with E-state index in [0.717, 1.165) is 12.0 Å². The number of para-hydroxylation sites is 2. The first-order chi connectivity index (χ1) is 13.1. The summed E-state index contributed by atoms with van der Waals surface area (Å²) in [5.74, 6) is -0.812. The van der Waals surface area contributed by atoms with Gasteiger partial charge < -0.3 is 25.2 Å². The molecule has 7 heteroatoms. The second-order valence-corrected chi connectivity index (χ2v) is 6.23. The molecule has 1 fully saturated rings. The minimum Gasteiger partial charge on any atom is -0.508 e. The lowest BCUT2D eigenvalue weighted by atomic mass is 10.1. The van der Waals surface area contributed by atoms with Crippen LogP contribution in [0.2, 0.25) is 0 Å². The van der Waals surface area contributed by atoms with Crippen molar-refractivity contribution < 1.29 is 24.2 Å². The van der Waals surface area contributed by atoms with Crippen LogP contribution in [0.15, 0.2) is 48.5 Å². The van der Waals surface area contributed by atoms with Crippen molar-refractivity contribution in [1.82, 2.24) is 5.32 Å². The molecule has 27 heavy (non-hydrogen) atoms. The number of phenolic OH excluding ortho intramolecular Hbond substituents is 1. The molecule has 0 aliphatic carbocycles. The number of nitrogens with one attached hydrogen (secondary N) is 2. The molecule has 3 N–H and O–H groups in total. The van der Waals surface area contributed by atoms with Crippen molar-refractivity contribution in [3.8, 4) is 11.5 Å². The van der Waals surface area contributed by atoms with Crippen LogP contribution < -0.4 is 15.4 Å². The Kier molecular flexibility index (Phi) is 6.27. The Labute approximate surface area is 157 Å². The van der Waals surface area contributed by atoms with Crippen LogP contribution in [0.3, 0.4) is 0 Å². The van der Waals surface area contributed by atoms with Gasteiger partial charge in [0.25, 0.3) is 0 Å². The Hall–Kier alpha value is -3.06. The number of hydrogen-bond donors (Lipinski definition) is 3. The first-order valence-electron chi connectivity index (χ1n) is 8.82. The molecule has 0 spiro atoms. The fourth-order valence-electron chi connectivity index (χ4n) is 2.75. The second kappa shape index (κ2) is 9.05. The Morgan fingerprint density at radius 2 is 2.00 bits per heavy atom. The Morgan fingerprint density at radius 1 is 1.15 bits per heavy atom. The number of rotatable bonds is 6. The summed E-state index contributed by atoms with van der Waals surface area (Å²) in [7, 11) is 0. The summed E-state index contributed by atoms with van der Waals surface area (Å²) in [5, 5.41) is 14.6. The van der Waals surface area contributed by atoms with Gasteiger partial charge in [-0.15, -0.1) is 0 Å². The molecule has 142 valence electrons. The maximum atomic E-state index is 12.2. The van der Waals surface area contributed by atoms with Crippen molar-refractivity contribution in [3.05, 3.63) is 54.1 Å². The molecular weight excluding hydrogens is 348 g/mol. The van der Waals surface area contributed by atoms with Crippen LogP contribution in [0.4, 0.5) is 5.69 Å². The molecule has 1 saturated heterocycles. The maximum absolute atomic E-state index is 12.2. The summed E-state index contributed by atoms with van der Waals surface area (Å²) in [5.41, 5.74) is 1.31. The minimum absolute atomic E-state index is 0.0563. The minimum atomic E-state index is -0.760. The molecule has 2 amide bonds. The highest BCUT2D eigenvalue weighted by Crippen LogP contribution is 2.26. The molecule has 0 saturated carbocycles. The van der Waals surface area contributed by atoms with E-state index in [1.54, 1.807) is 42.5 Å². The molecule has 3 rings (SSSR count). The van der Waals surface area contributed by atoms with Gasteiger partial charge in [0.2, 0.25) is 0 Å². The van der Waals surface area contributed by atoms with E-state index in [2.05, 4.69) is 10.6 Å².